The molecule has 1 aliphatic rings. The molecule has 1 saturated heterocycles. The van der Waals surface area contributed by atoms with Gasteiger partial charge in [-0.2, -0.15) is 0 Å². The Bertz CT molecular complexity index is 251. The van der Waals surface area contributed by atoms with Gasteiger partial charge in [0.2, 0.25) is 0 Å². The Balaban J connectivity index is 2.38. The van der Waals surface area contributed by atoms with Gasteiger partial charge in [-0.15, -0.1) is 0 Å². The molecule has 0 spiro atoms. The monoisotopic (exact) mass is 258 g/mol. The van der Waals surface area contributed by atoms with Crippen LogP contribution in [0.5, 0.6) is 0 Å². The lowest BCUT2D eigenvalue weighted by Gasteiger charge is -2.35. The summed E-state index contributed by atoms with van der Waals surface area (Å²) in [5.74, 6) is -0.175. The van der Waals surface area contributed by atoms with Gasteiger partial charge in [0.25, 0.3) is 0 Å². The number of ether oxygens (including phenoxy) is 2. The molecular weight excluding hydrogens is 232 g/mol. The normalized spacial score (nSPS) is 26.9. The second-order valence-corrected chi connectivity index (χ2v) is 4.94. The molecule has 1 unspecified atom stereocenters. The van der Waals surface area contributed by atoms with Crippen molar-refractivity contribution in [3.63, 3.8) is 0 Å². The van der Waals surface area contributed by atoms with E-state index in [1.165, 1.54) is 7.11 Å². The summed E-state index contributed by atoms with van der Waals surface area (Å²) in [4.78, 5) is 13.9. The zero-order valence-electron chi connectivity index (χ0n) is 11.9. The number of carbonyl (C=O) groups excluding carboxylic acids is 1. The largest absolute Gasteiger partial charge is 0.468 e. The molecule has 0 amide bonds. The van der Waals surface area contributed by atoms with Crippen molar-refractivity contribution in [2.45, 2.75) is 45.4 Å². The number of morpholine rings is 1. The van der Waals surface area contributed by atoms with E-state index in [1.807, 2.05) is 6.92 Å². The summed E-state index contributed by atoms with van der Waals surface area (Å²) in [6, 6.07) is -0.201. The van der Waals surface area contributed by atoms with Gasteiger partial charge in [-0.05, 0) is 26.8 Å². The third-order valence-electron chi connectivity index (χ3n) is 3.17. The summed E-state index contributed by atoms with van der Waals surface area (Å²) in [5.41, 5.74) is 0. The van der Waals surface area contributed by atoms with Crippen molar-refractivity contribution < 1.29 is 14.3 Å². The number of nitrogens with zero attached hydrogens (tertiary/aromatic N) is 1. The second kappa shape index (κ2) is 7.71. The molecule has 0 saturated carbocycles. The number of likely N-dealkylation sites (N-methyl/N-ethyl adjacent to an activating group) is 1. The predicted octanol–water partition coefficient (Wildman–Crippen LogP) is 0.637. The fourth-order valence-electron chi connectivity index (χ4n) is 2.47. The summed E-state index contributed by atoms with van der Waals surface area (Å²) in [5, 5.41) is 3.16. The first-order chi connectivity index (χ1) is 8.56. The summed E-state index contributed by atoms with van der Waals surface area (Å²) < 4.78 is 10.5. The van der Waals surface area contributed by atoms with E-state index in [0.29, 0.717) is 0 Å². The molecule has 0 aromatic heterocycles. The van der Waals surface area contributed by atoms with Crippen LogP contribution in [0.1, 0.15) is 27.2 Å². The number of rotatable bonds is 6. The molecule has 1 heterocycles. The van der Waals surface area contributed by atoms with E-state index < -0.39 is 0 Å². The van der Waals surface area contributed by atoms with Crippen LogP contribution in [0.3, 0.4) is 0 Å². The van der Waals surface area contributed by atoms with Crippen molar-refractivity contribution in [2.24, 2.45) is 0 Å². The minimum absolute atomic E-state index is 0.175. The Morgan fingerprint density at radius 3 is 2.56 bits per heavy atom. The predicted molar refractivity (Wildman–Crippen MR) is 70.5 cm³/mol. The molecule has 0 bridgehead atoms. The molecule has 0 aromatic carbocycles. The topological polar surface area (TPSA) is 50.8 Å². The Hall–Kier alpha value is -0.650. The van der Waals surface area contributed by atoms with Gasteiger partial charge >= 0.3 is 5.97 Å². The van der Waals surface area contributed by atoms with Crippen molar-refractivity contribution in [2.75, 3.05) is 33.3 Å². The molecule has 3 atom stereocenters. The third-order valence-corrected chi connectivity index (χ3v) is 3.17. The maximum Gasteiger partial charge on any atom is 0.322 e. The maximum absolute atomic E-state index is 11.6. The lowest BCUT2D eigenvalue weighted by Crippen LogP contribution is -2.48. The first kappa shape index (κ1) is 15.4. The van der Waals surface area contributed by atoms with Gasteiger partial charge in [-0.25, -0.2) is 0 Å². The van der Waals surface area contributed by atoms with Gasteiger partial charge in [0.05, 0.1) is 19.3 Å². The van der Waals surface area contributed by atoms with Crippen LogP contribution >= 0.6 is 0 Å². The van der Waals surface area contributed by atoms with E-state index in [9.17, 15) is 4.79 Å². The zero-order valence-corrected chi connectivity index (χ0v) is 11.9. The average Bonchev–Trinajstić information content (AvgIpc) is 2.32. The van der Waals surface area contributed by atoms with E-state index in [4.69, 9.17) is 9.47 Å². The smallest absolute Gasteiger partial charge is 0.322 e. The van der Waals surface area contributed by atoms with Crippen LogP contribution in [0.15, 0.2) is 0 Å². The molecular formula is C13H26N2O3. The fraction of sp³-hybridized carbons (Fsp3) is 0.923. The molecule has 1 rings (SSSR count). The van der Waals surface area contributed by atoms with Crippen LogP contribution in [0.2, 0.25) is 0 Å². The maximum atomic E-state index is 11.6. The van der Waals surface area contributed by atoms with Gasteiger partial charge in [0.1, 0.15) is 6.04 Å². The van der Waals surface area contributed by atoms with Crippen LogP contribution in [0, 0.1) is 0 Å². The Kier molecular flexibility index (Phi) is 6.60. The molecule has 1 aliphatic heterocycles. The lowest BCUT2D eigenvalue weighted by atomic mass is 10.1. The Morgan fingerprint density at radius 2 is 2.06 bits per heavy atom. The number of hydrogen-bond acceptors (Lipinski definition) is 5. The van der Waals surface area contributed by atoms with Crippen molar-refractivity contribution >= 4 is 5.97 Å². The number of hydrogen-bond donors (Lipinski definition) is 1. The van der Waals surface area contributed by atoms with E-state index in [1.54, 1.807) is 0 Å². The van der Waals surface area contributed by atoms with Crippen molar-refractivity contribution in [1.82, 2.24) is 10.2 Å². The van der Waals surface area contributed by atoms with E-state index in [0.717, 1.165) is 32.6 Å². The van der Waals surface area contributed by atoms with E-state index in [-0.39, 0.29) is 24.2 Å². The highest BCUT2D eigenvalue weighted by Crippen LogP contribution is 2.11. The minimum Gasteiger partial charge on any atom is -0.468 e. The van der Waals surface area contributed by atoms with Crippen molar-refractivity contribution in [3.8, 4) is 0 Å². The van der Waals surface area contributed by atoms with Gasteiger partial charge in [-0.1, -0.05) is 6.92 Å². The molecule has 18 heavy (non-hydrogen) atoms. The molecule has 1 N–H and O–H groups in total. The van der Waals surface area contributed by atoms with Crippen LogP contribution in [0.25, 0.3) is 0 Å². The molecule has 0 aliphatic carbocycles. The number of esters is 1. The van der Waals surface area contributed by atoms with Crippen LogP contribution < -0.4 is 5.32 Å². The third kappa shape index (κ3) is 4.92. The number of nitrogens with one attached hydrogen (secondary N) is 1. The van der Waals surface area contributed by atoms with Crippen molar-refractivity contribution in [3.05, 3.63) is 0 Å². The first-order valence-electron chi connectivity index (χ1n) is 6.75. The summed E-state index contributed by atoms with van der Waals surface area (Å²) in [6.07, 6.45) is 1.31. The number of methoxy groups -OCH3 is 1. The van der Waals surface area contributed by atoms with Crippen molar-refractivity contribution in [1.29, 1.82) is 0 Å². The summed E-state index contributed by atoms with van der Waals surface area (Å²) >= 11 is 0. The first-order valence-corrected chi connectivity index (χ1v) is 6.75. The zero-order chi connectivity index (χ0) is 13.5. The number of carbonyl (C=O) groups is 1. The van der Waals surface area contributed by atoms with Gasteiger partial charge in [0.15, 0.2) is 0 Å². The summed E-state index contributed by atoms with van der Waals surface area (Å²) in [7, 11) is 1.44. The standard InChI is InChI=1S/C13H26N2O3/c1-5-14-12(13(16)17-4)6-7-15-8-10(2)18-11(3)9-15/h10-12,14H,5-9H2,1-4H3/t10-,11+,12?. The quantitative estimate of drug-likeness (QED) is 0.708. The Labute approximate surface area is 110 Å². The molecule has 5 nitrogen and oxygen atoms in total. The van der Waals surface area contributed by atoms with E-state index >= 15 is 0 Å². The van der Waals surface area contributed by atoms with Crippen LogP contribution in [-0.2, 0) is 14.3 Å². The highest BCUT2D eigenvalue weighted by Gasteiger charge is 2.24. The molecule has 1 fully saturated rings. The minimum atomic E-state index is -0.201. The van der Waals surface area contributed by atoms with Crippen LogP contribution in [0.4, 0.5) is 0 Å². The second-order valence-electron chi connectivity index (χ2n) is 4.94. The molecule has 0 aromatic rings. The Morgan fingerprint density at radius 1 is 1.44 bits per heavy atom. The lowest BCUT2D eigenvalue weighted by molar-refractivity contribution is -0.143. The van der Waals surface area contributed by atoms with Gasteiger partial charge in [0, 0.05) is 19.6 Å². The average molecular weight is 258 g/mol. The molecule has 106 valence electrons. The van der Waals surface area contributed by atoms with Gasteiger partial charge in [-0.3, -0.25) is 9.69 Å². The SMILES string of the molecule is CCNC(CCN1C[C@@H](C)O[C@@H](C)C1)C(=O)OC. The summed E-state index contributed by atoms with van der Waals surface area (Å²) in [6.45, 7) is 9.71. The molecule has 0 radical (unpaired) electrons. The van der Waals surface area contributed by atoms with Crippen LogP contribution in [-0.4, -0.2) is 62.4 Å². The molecule has 5 heteroatoms. The fourth-order valence-corrected chi connectivity index (χ4v) is 2.47. The highest BCUT2D eigenvalue weighted by atomic mass is 16.5. The highest BCUT2D eigenvalue weighted by molar-refractivity contribution is 5.75. The van der Waals surface area contributed by atoms with Gasteiger partial charge < -0.3 is 14.8 Å². The van der Waals surface area contributed by atoms with E-state index in [2.05, 4.69) is 24.1 Å².